The van der Waals surface area contributed by atoms with Crippen LogP contribution in [0.2, 0.25) is 0 Å². The first kappa shape index (κ1) is 76.0. The number of nitrogens with zero attached hydrogens (tertiary/aromatic N) is 8. The molecule has 4 aromatic rings. The Morgan fingerprint density at radius 2 is 0.489 bits per heavy atom. The summed E-state index contributed by atoms with van der Waals surface area (Å²) in [5.41, 5.74) is 4.54. The van der Waals surface area contributed by atoms with Gasteiger partial charge < -0.3 is 39.4 Å². The van der Waals surface area contributed by atoms with Crippen molar-refractivity contribution in [1.82, 2.24) is 19.6 Å². The fraction of sp³-hybridized carbons (Fsp3) is 0.438. The van der Waals surface area contributed by atoms with E-state index in [0.717, 1.165) is 41.9 Å². The number of amidine groups is 4. The summed E-state index contributed by atoms with van der Waals surface area (Å²) in [5, 5.41) is 39.5. The molecule has 0 aromatic heterocycles. The quantitative estimate of drug-likeness (QED) is 0.0750. The molecule has 4 aromatic carbocycles. The summed E-state index contributed by atoms with van der Waals surface area (Å²) in [6, 6.07) is 23.6. The largest absolute Gasteiger partial charge is 0.480 e. The molecule has 0 saturated heterocycles. The number of ether oxygens (including phenoxy) is 4. The van der Waals surface area contributed by atoms with Crippen LogP contribution in [0, 0.1) is 0 Å². The standard InChI is InChI=1S/4C16H20N2O4.2Rh/c4*1-16(2,3)11-8-6-5-7-10(11)13(19)18-9-12(14(20)22-4)17-15(18)21;;/h4*5-8,12H,9H2,1-4H3,(H,17,21);;/t4*12-;;/m0000../s1. The van der Waals surface area contributed by atoms with Crippen LogP contribution in [0.15, 0.2) is 117 Å². The second-order valence-electron chi connectivity index (χ2n) is 24.7. The summed E-state index contributed by atoms with van der Waals surface area (Å²) in [6.07, 6.45) is 0. The number of carbonyl (C=O) groups excluding carboxylic acids is 8. The zero-order valence-electron chi connectivity index (χ0n) is 53.3. The first-order valence-corrected chi connectivity index (χ1v) is 28.1. The predicted molar refractivity (Wildman–Crippen MR) is 328 cm³/mol. The van der Waals surface area contributed by atoms with Crippen LogP contribution in [0.1, 0.15) is 147 Å². The van der Waals surface area contributed by atoms with Crippen molar-refractivity contribution in [3.63, 3.8) is 0 Å². The van der Waals surface area contributed by atoms with Gasteiger partial charge in [0.15, 0.2) is 24.2 Å². The maximum Gasteiger partial charge on any atom is 0.332 e. The number of hydrogen-bond acceptors (Lipinski definition) is 16. The number of amides is 4. The maximum absolute atomic E-state index is 12.7. The number of benzene rings is 4. The molecule has 490 valence electrons. The number of aliphatic hydroxyl groups excluding tert-OH is 4. The van der Waals surface area contributed by atoms with Crippen molar-refractivity contribution < 1.29 is 117 Å². The Morgan fingerprint density at radius 1 is 0.333 bits per heavy atom. The minimum Gasteiger partial charge on any atom is -0.480 e. The number of esters is 4. The second kappa shape index (κ2) is 31.5. The molecule has 4 amide bonds. The number of methoxy groups -OCH3 is 4. The predicted octanol–water partition coefficient (Wildman–Crippen LogP) is 7.58. The van der Waals surface area contributed by atoms with Crippen LogP contribution in [-0.4, -0.2) is 190 Å². The fourth-order valence-electron chi connectivity index (χ4n) is 9.64. The summed E-state index contributed by atoms with van der Waals surface area (Å²) in [7, 11) is 4.98. The fourth-order valence-corrected chi connectivity index (χ4v) is 9.64. The van der Waals surface area contributed by atoms with Crippen molar-refractivity contribution in [3.05, 3.63) is 142 Å². The molecule has 2 radical (unpaired) electrons. The van der Waals surface area contributed by atoms with E-state index < -0.39 is 72.1 Å². The van der Waals surface area contributed by atoms with Crippen LogP contribution in [-0.2, 0) is 98.7 Å². The molecule has 26 heteroatoms. The van der Waals surface area contributed by atoms with Crippen molar-refractivity contribution in [2.45, 2.75) is 129 Å². The Bertz CT molecular complexity index is 2980. The van der Waals surface area contributed by atoms with Gasteiger partial charge in [0.25, 0.3) is 47.7 Å². The van der Waals surface area contributed by atoms with E-state index in [1.54, 1.807) is 48.5 Å². The molecular weight excluding hydrogens is 1340 g/mol. The van der Waals surface area contributed by atoms with Crippen LogP contribution in [0.3, 0.4) is 0 Å². The van der Waals surface area contributed by atoms with Crippen LogP contribution >= 0.6 is 0 Å². The minimum absolute atomic E-state index is 0. The first-order chi connectivity index (χ1) is 41.0. The van der Waals surface area contributed by atoms with Gasteiger partial charge in [0, 0.05) is 61.2 Å². The average Bonchev–Trinajstić information content (AvgIpc) is 2.12. The van der Waals surface area contributed by atoms with E-state index in [2.05, 4.69) is 38.9 Å². The molecule has 0 aliphatic carbocycles. The van der Waals surface area contributed by atoms with Gasteiger partial charge >= 0.3 is 23.9 Å². The molecule has 0 fully saturated rings. The molecule has 0 bridgehead atoms. The van der Waals surface area contributed by atoms with Gasteiger partial charge in [-0.1, -0.05) is 156 Å². The van der Waals surface area contributed by atoms with E-state index in [4.69, 9.17) is 0 Å². The van der Waals surface area contributed by atoms with Crippen molar-refractivity contribution in [1.29, 1.82) is 0 Å². The maximum atomic E-state index is 12.7. The minimum atomic E-state index is -0.879. The van der Waals surface area contributed by atoms with Crippen molar-refractivity contribution in [2.75, 3.05) is 54.6 Å². The van der Waals surface area contributed by atoms with Crippen LogP contribution < -0.4 is 0 Å². The van der Waals surface area contributed by atoms with Gasteiger partial charge in [0.05, 0.1) is 54.6 Å². The molecule has 4 aliphatic heterocycles. The first-order valence-electron chi connectivity index (χ1n) is 28.1. The van der Waals surface area contributed by atoms with E-state index >= 15 is 0 Å². The molecule has 4 aliphatic rings. The summed E-state index contributed by atoms with van der Waals surface area (Å²) >= 11 is 0. The number of aliphatic hydroxyl groups is 4. The molecule has 0 spiro atoms. The van der Waals surface area contributed by atoms with Crippen molar-refractivity contribution >= 4 is 71.6 Å². The summed E-state index contributed by atoms with van der Waals surface area (Å²) in [4.78, 5) is 116. The van der Waals surface area contributed by atoms with Gasteiger partial charge in [-0.2, -0.15) is 0 Å². The van der Waals surface area contributed by atoms with E-state index in [0.29, 0.717) is 22.3 Å². The third-order valence-corrected chi connectivity index (χ3v) is 14.2. The van der Waals surface area contributed by atoms with Crippen LogP contribution in [0.4, 0.5) is 0 Å². The SMILES string of the molecule is COC(=O)[C@@H]1CN(C(=O)c2ccccc2C(C)(C)C)C(O)=N1.COC(=O)[C@@H]1CN(C(=O)c2ccccc2C(C)(C)C)C(O)=N1.COC(=O)[C@@H]1CN(C(=O)c2ccccc2C(C)(C)C)C(O)=N1.COC(=O)[C@@H]1CN(C(=O)c2ccccc2C(C)(C)C)C(O)=N1.[Rh].[Rh]. The van der Waals surface area contributed by atoms with Crippen LogP contribution in [0.5, 0.6) is 0 Å². The van der Waals surface area contributed by atoms with E-state index in [9.17, 15) is 58.8 Å². The Hall–Kier alpha value is -8.23. The van der Waals surface area contributed by atoms with Crippen molar-refractivity contribution in [2.24, 2.45) is 20.0 Å². The third-order valence-electron chi connectivity index (χ3n) is 14.2. The van der Waals surface area contributed by atoms with Gasteiger partial charge in [-0.3, -0.25) is 38.8 Å². The van der Waals surface area contributed by atoms with Gasteiger partial charge in [-0.15, -0.1) is 0 Å². The summed E-state index contributed by atoms with van der Waals surface area (Å²) < 4.78 is 18.4. The Kier molecular flexibility index (Phi) is 26.6. The smallest absolute Gasteiger partial charge is 0.332 e. The summed E-state index contributed by atoms with van der Waals surface area (Å²) in [5.74, 6) is -3.82. The third kappa shape index (κ3) is 18.5. The van der Waals surface area contributed by atoms with Gasteiger partial charge in [0.2, 0.25) is 0 Å². The molecule has 4 heterocycles. The molecule has 8 rings (SSSR count). The topological polar surface area (TPSA) is 317 Å². The molecule has 24 nitrogen and oxygen atoms in total. The van der Waals surface area contributed by atoms with Gasteiger partial charge in [-0.25, -0.2) is 39.1 Å². The molecule has 4 N–H and O–H groups in total. The molecule has 0 unspecified atom stereocenters. The molecule has 4 atom stereocenters. The average molecular weight is 1420 g/mol. The zero-order chi connectivity index (χ0) is 66.0. The second-order valence-corrected chi connectivity index (χ2v) is 24.7. The Morgan fingerprint density at radius 3 is 0.633 bits per heavy atom. The Labute approximate surface area is 550 Å². The number of carbonyl (C=O) groups is 8. The number of hydrogen-bond donors (Lipinski definition) is 4. The summed E-state index contributed by atoms with van der Waals surface area (Å²) in [6.45, 7) is 24.0. The normalized spacial score (nSPS) is 17.7. The van der Waals surface area contributed by atoms with Gasteiger partial charge in [0.1, 0.15) is 0 Å². The molecular formula is C64H80N8O16Rh2. The van der Waals surface area contributed by atoms with Gasteiger partial charge in [-0.05, 0) is 68.2 Å². The zero-order valence-corrected chi connectivity index (χ0v) is 56.6. The molecule has 90 heavy (non-hydrogen) atoms. The monoisotopic (exact) mass is 1420 g/mol. The Balaban J connectivity index is 0.000000311. The number of rotatable bonds is 8. The van der Waals surface area contributed by atoms with Crippen molar-refractivity contribution in [3.8, 4) is 0 Å². The van der Waals surface area contributed by atoms with E-state index in [1.165, 1.54) is 28.4 Å². The number of aliphatic imine (C=N–C) groups is 4. The van der Waals surface area contributed by atoms with E-state index in [1.807, 2.05) is 132 Å². The van der Waals surface area contributed by atoms with Crippen LogP contribution in [0.25, 0.3) is 0 Å². The van der Waals surface area contributed by atoms with E-state index in [-0.39, 0.29) is 110 Å². The molecule has 0 saturated carbocycles.